The number of hydrogen-bond donors (Lipinski definition) is 1. The third-order valence-electron chi connectivity index (χ3n) is 5.76. The van der Waals surface area contributed by atoms with E-state index in [9.17, 15) is 13.2 Å². The number of fused-ring (bicyclic) bond motifs is 1. The molecule has 2 aliphatic rings. The average Bonchev–Trinajstić information content (AvgIpc) is 3.04. The molecule has 1 aromatic carbocycles. The molecule has 1 atom stereocenters. The molecule has 0 saturated heterocycles. The quantitative estimate of drug-likeness (QED) is 0.872. The molecule has 1 aliphatic carbocycles. The molecule has 0 spiro atoms. The predicted octanol–water partition coefficient (Wildman–Crippen LogP) is 3.34. The molecule has 4 rings (SSSR count). The Morgan fingerprint density at radius 3 is 2.52 bits per heavy atom. The molecule has 0 bridgehead atoms. The van der Waals surface area contributed by atoms with Crippen LogP contribution in [-0.4, -0.2) is 30.4 Å². The molecule has 1 aromatic heterocycles. The molecule has 2 heterocycles. The largest absolute Gasteiger partial charge is 0.311 e. The lowest BCUT2D eigenvalue weighted by Crippen LogP contribution is -2.26. The first-order valence-corrected chi connectivity index (χ1v) is 11.5. The summed E-state index contributed by atoms with van der Waals surface area (Å²) < 4.78 is 25.3. The SMILES string of the molecule is CS(=O)(=O)c1ccc([C@@H]2CC(=O)Nc3c2cnn3CC2CCCCC2)cc1. The van der Waals surface area contributed by atoms with E-state index in [1.54, 1.807) is 12.1 Å². The molecular formula is C20H25N3O3S. The Balaban J connectivity index is 1.62. The van der Waals surface area contributed by atoms with Crippen LogP contribution in [0.3, 0.4) is 0 Å². The van der Waals surface area contributed by atoms with Crippen LogP contribution in [0.4, 0.5) is 5.82 Å². The molecule has 1 amide bonds. The van der Waals surface area contributed by atoms with Gasteiger partial charge < -0.3 is 5.32 Å². The van der Waals surface area contributed by atoms with Gasteiger partial charge in [0.25, 0.3) is 0 Å². The highest BCUT2D eigenvalue weighted by Crippen LogP contribution is 2.38. The average molecular weight is 388 g/mol. The summed E-state index contributed by atoms with van der Waals surface area (Å²) in [5, 5.41) is 7.56. The fourth-order valence-electron chi connectivity index (χ4n) is 4.27. The molecule has 6 nitrogen and oxygen atoms in total. The van der Waals surface area contributed by atoms with Crippen molar-refractivity contribution in [3.8, 4) is 0 Å². The van der Waals surface area contributed by atoms with Crippen molar-refractivity contribution in [2.75, 3.05) is 11.6 Å². The van der Waals surface area contributed by atoms with Crippen molar-refractivity contribution >= 4 is 21.6 Å². The fourth-order valence-corrected chi connectivity index (χ4v) is 4.90. The summed E-state index contributed by atoms with van der Waals surface area (Å²) in [6.07, 6.45) is 9.70. The first-order valence-electron chi connectivity index (χ1n) is 9.57. The maximum atomic E-state index is 12.3. The van der Waals surface area contributed by atoms with Gasteiger partial charge in [0.1, 0.15) is 5.82 Å². The molecule has 1 N–H and O–H groups in total. The van der Waals surface area contributed by atoms with E-state index in [0.717, 1.165) is 23.5 Å². The van der Waals surface area contributed by atoms with Gasteiger partial charge >= 0.3 is 0 Å². The van der Waals surface area contributed by atoms with Crippen molar-refractivity contribution in [3.05, 3.63) is 41.6 Å². The van der Waals surface area contributed by atoms with Gasteiger partial charge in [-0.1, -0.05) is 31.4 Å². The van der Waals surface area contributed by atoms with Crippen LogP contribution in [0.25, 0.3) is 0 Å². The normalized spacial score (nSPS) is 20.9. The van der Waals surface area contributed by atoms with Gasteiger partial charge in [0, 0.05) is 30.7 Å². The number of benzene rings is 1. The number of aromatic nitrogens is 2. The van der Waals surface area contributed by atoms with Gasteiger partial charge in [0.15, 0.2) is 9.84 Å². The standard InChI is InChI=1S/C20H25N3O3S/c1-27(25,26)16-9-7-15(8-10-16)17-11-19(24)22-20-18(17)12-21-23(20)13-14-5-3-2-4-6-14/h7-10,12,14,17H,2-6,11,13H2,1H3,(H,22,24)/t17-/m0/s1. The van der Waals surface area contributed by atoms with Crippen LogP contribution >= 0.6 is 0 Å². The number of anilines is 1. The number of hydrogen-bond acceptors (Lipinski definition) is 4. The maximum absolute atomic E-state index is 12.3. The van der Waals surface area contributed by atoms with Crippen LogP contribution in [0.2, 0.25) is 0 Å². The molecule has 7 heteroatoms. The molecule has 0 unspecified atom stereocenters. The number of rotatable bonds is 4. The Labute approximate surface area is 159 Å². The van der Waals surface area contributed by atoms with Crippen molar-refractivity contribution in [2.24, 2.45) is 5.92 Å². The van der Waals surface area contributed by atoms with Crippen LogP contribution < -0.4 is 5.32 Å². The summed E-state index contributed by atoms with van der Waals surface area (Å²) >= 11 is 0. The smallest absolute Gasteiger partial charge is 0.226 e. The van der Waals surface area contributed by atoms with Crippen LogP contribution in [0.15, 0.2) is 35.4 Å². The molecule has 27 heavy (non-hydrogen) atoms. The molecule has 2 aromatic rings. The highest BCUT2D eigenvalue weighted by Gasteiger charge is 2.30. The van der Waals surface area contributed by atoms with Gasteiger partial charge in [-0.25, -0.2) is 13.1 Å². The van der Waals surface area contributed by atoms with Gasteiger partial charge in [0.05, 0.1) is 11.1 Å². The van der Waals surface area contributed by atoms with E-state index in [4.69, 9.17) is 0 Å². The molecule has 1 saturated carbocycles. The van der Waals surface area contributed by atoms with Gasteiger partial charge in [-0.15, -0.1) is 0 Å². The van der Waals surface area contributed by atoms with Gasteiger partial charge in [-0.3, -0.25) is 4.79 Å². The number of sulfone groups is 1. The van der Waals surface area contributed by atoms with Crippen molar-refractivity contribution in [1.29, 1.82) is 0 Å². The van der Waals surface area contributed by atoms with E-state index in [0.29, 0.717) is 17.2 Å². The van der Waals surface area contributed by atoms with E-state index >= 15 is 0 Å². The molecule has 1 aliphatic heterocycles. The topological polar surface area (TPSA) is 81.1 Å². The summed E-state index contributed by atoms with van der Waals surface area (Å²) in [7, 11) is -3.23. The lowest BCUT2D eigenvalue weighted by molar-refractivity contribution is -0.116. The minimum Gasteiger partial charge on any atom is -0.311 e. The van der Waals surface area contributed by atoms with Crippen LogP contribution in [-0.2, 0) is 21.2 Å². The van der Waals surface area contributed by atoms with Crippen molar-refractivity contribution in [1.82, 2.24) is 9.78 Å². The minimum atomic E-state index is -3.23. The van der Waals surface area contributed by atoms with E-state index in [2.05, 4.69) is 10.4 Å². The Hall–Kier alpha value is -2.15. The minimum absolute atomic E-state index is 0.0231. The van der Waals surface area contributed by atoms with E-state index < -0.39 is 9.84 Å². The second-order valence-corrected chi connectivity index (χ2v) is 9.80. The van der Waals surface area contributed by atoms with Crippen LogP contribution in [0.5, 0.6) is 0 Å². The summed E-state index contributed by atoms with van der Waals surface area (Å²) in [4.78, 5) is 12.6. The lowest BCUT2D eigenvalue weighted by Gasteiger charge is -2.26. The number of nitrogens with one attached hydrogen (secondary N) is 1. The van der Waals surface area contributed by atoms with Gasteiger partial charge in [-0.05, 0) is 36.5 Å². The number of carbonyl (C=O) groups excluding carboxylic acids is 1. The maximum Gasteiger partial charge on any atom is 0.226 e. The highest BCUT2D eigenvalue weighted by molar-refractivity contribution is 7.90. The Bertz CT molecular complexity index is 941. The van der Waals surface area contributed by atoms with Crippen molar-refractivity contribution in [3.63, 3.8) is 0 Å². The van der Waals surface area contributed by atoms with Gasteiger partial charge in [0.2, 0.25) is 5.91 Å². The van der Waals surface area contributed by atoms with E-state index in [-0.39, 0.29) is 11.8 Å². The van der Waals surface area contributed by atoms with Crippen molar-refractivity contribution < 1.29 is 13.2 Å². The lowest BCUT2D eigenvalue weighted by atomic mass is 9.87. The Morgan fingerprint density at radius 1 is 1.15 bits per heavy atom. The Kier molecular flexibility index (Phi) is 4.80. The van der Waals surface area contributed by atoms with E-state index in [1.165, 1.54) is 38.4 Å². The van der Waals surface area contributed by atoms with Crippen LogP contribution in [0.1, 0.15) is 55.6 Å². The second kappa shape index (κ2) is 7.11. The number of amides is 1. The zero-order valence-corrected chi connectivity index (χ0v) is 16.3. The third-order valence-corrected chi connectivity index (χ3v) is 6.89. The van der Waals surface area contributed by atoms with Crippen LogP contribution in [0, 0.1) is 5.92 Å². The number of carbonyl (C=O) groups is 1. The summed E-state index contributed by atoms with van der Waals surface area (Å²) in [6.45, 7) is 0.843. The predicted molar refractivity (Wildman–Crippen MR) is 103 cm³/mol. The van der Waals surface area contributed by atoms with E-state index in [1.807, 2.05) is 23.0 Å². The third kappa shape index (κ3) is 3.78. The highest BCUT2D eigenvalue weighted by atomic mass is 32.2. The summed E-state index contributed by atoms with van der Waals surface area (Å²) in [5.41, 5.74) is 1.95. The summed E-state index contributed by atoms with van der Waals surface area (Å²) in [6, 6.07) is 6.84. The van der Waals surface area contributed by atoms with Crippen molar-refractivity contribution in [2.45, 2.75) is 55.9 Å². The zero-order chi connectivity index (χ0) is 19.0. The van der Waals surface area contributed by atoms with Gasteiger partial charge in [-0.2, -0.15) is 5.10 Å². The first kappa shape index (κ1) is 18.2. The summed E-state index contributed by atoms with van der Waals surface area (Å²) in [5.74, 6) is 1.30. The first-order chi connectivity index (χ1) is 12.9. The monoisotopic (exact) mass is 387 g/mol. The number of nitrogens with zero attached hydrogens (tertiary/aromatic N) is 2. The molecular weight excluding hydrogens is 362 g/mol. The fraction of sp³-hybridized carbons (Fsp3) is 0.500. The second-order valence-electron chi connectivity index (χ2n) is 7.78. The molecule has 144 valence electrons. The molecule has 1 fully saturated rings. The molecule has 0 radical (unpaired) electrons. The zero-order valence-electron chi connectivity index (χ0n) is 15.5. The Morgan fingerprint density at radius 2 is 1.85 bits per heavy atom.